The van der Waals surface area contributed by atoms with Gasteiger partial charge in [-0.25, -0.2) is 0 Å². The van der Waals surface area contributed by atoms with Gasteiger partial charge in [0.05, 0.1) is 27.8 Å². The first-order valence-corrected chi connectivity index (χ1v) is 21.8. The molecule has 13 aromatic rings. The van der Waals surface area contributed by atoms with E-state index in [2.05, 4.69) is 215 Å². The maximum atomic E-state index is 6.75. The standard InChI is InChI=1S/C60H34N2O/c1-2-17-42-38(13-1)43-19-10-20-44(58(42)43)45-21-11-22-46-50-33-35(29-32-56(50)63-60(45)46)37-18-9-23-47-57(37)48-24-12-28-55(59(47)48)62-53-27-8-5-16-41(53)49-34-36(30-31-54(49)62)61-51-25-6-3-14-39(51)40-15-4-7-26-52(40)61/h1-34H. The number of hydrogen-bond acceptors (Lipinski definition) is 1. The van der Waals surface area contributed by atoms with Crippen LogP contribution in [0.25, 0.3) is 144 Å². The van der Waals surface area contributed by atoms with Crippen molar-refractivity contribution in [1.82, 2.24) is 9.13 Å². The number of furan rings is 1. The summed E-state index contributed by atoms with van der Waals surface area (Å²) in [5, 5.41) is 7.30. The van der Waals surface area contributed by atoms with E-state index in [1.54, 1.807) is 0 Å². The Hall–Kier alpha value is -8.40. The molecule has 3 nitrogen and oxygen atoms in total. The van der Waals surface area contributed by atoms with E-state index in [0.717, 1.165) is 33.2 Å². The lowest BCUT2D eigenvalue weighted by atomic mass is 9.75. The Kier molecular flexibility index (Phi) is 6.41. The average molecular weight is 799 g/mol. The Morgan fingerprint density at radius 1 is 0.286 bits per heavy atom. The number of fused-ring (bicyclic) bond motifs is 17. The van der Waals surface area contributed by atoms with E-state index >= 15 is 0 Å². The minimum Gasteiger partial charge on any atom is -0.455 e. The molecular formula is C60H34N2O. The highest BCUT2D eigenvalue weighted by molar-refractivity contribution is 6.18. The first-order valence-electron chi connectivity index (χ1n) is 21.8. The first kappa shape index (κ1) is 33.3. The highest BCUT2D eigenvalue weighted by atomic mass is 16.3. The summed E-state index contributed by atoms with van der Waals surface area (Å²) in [6.07, 6.45) is 0. The Morgan fingerprint density at radius 3 is 1.59 bits per heavy atom. The van der Waals surface area contributed by atoms with Crippen LogP contribution in [0.5, 0.6) is 0 Å². The molecule has 3 heterocycles. The van der Waals surface area contributed by atoms with Crippen LogP contribution in [0.4, 0.5) is 0 Å². The number of benzene rings is 10. The van der Waals surface area contributed by atoms with Crippen LogP contribution in [-0.4, -0.2) is 9.13 Å². The molecule has 63 heavy (non-hydrogen) atoms. The van der Waals surface area contributed by atoms with Gasteiger partial charge in [0.15, 0.2) is 0 Å². The van der Waals surface area contributed by atoms with Crippen molar-refractivity contribution >= 4 is 65.6 Å². The van der Waals surface area contributed by atoms with Crippen LogP contribution in [0.2, 0.25) is 0 Å². The second-order valence-electron chi connectivity index (χ2n) is 17.1. The summed E-state index contributed by atoms with van der Waals surface area (Å²) in [5.41, 5.74) is 24.3. The van der Waals surface area contributed by atoms with Crippen LogP contribution >= 0.6 is 0 Å². The molecule has 0 saturated heterocycles. The molecule has 0 radical (unpaired) electrons. The molecule has 0 N–H and O–H groups in total. The molecule has 0 amide bonds. The van der Waals surface area contributed by atoms with Gasteiger partial charge in [0.25, 0.3) is 0 Å². The molecule has 0 atom stereocenters. The molecule has 0 bridgehead atoms. The molecule has 15 rings (SSSR count). The van der Waals surface area contributed by atoms with Crippen LogP contribution in [-0.2, 0) is 0 Å². The number of rotatable bonds is 4. The highest BCUT2D eigenvalue weighted by Crippen LogP contribution is 2.56. The molecule has 10 aromatic carbocycles. The van der Waals surface area contributed by atoms with E-state index < -0.39 is 0 Å². The number of para-hydroxylation sites is 4. The average Bonchev–Trinajstić information content (AvgIpc) is 3.99. The molecule has 0 saturated carbocycles. The first-order chi connectivity index (χ1) is 31.3. The van der Waals surface area contributed by atoms with E-state index in [4.69, 9.17) is 4.42 Å². The van der Waals surface area contributed by atoms with Gasteiger partial charge in [-0.3, -0.25) is 0 Å². The smallest absolute Gasteiger partial charge is 0.143 e. The summed E-state index contributed by atoms with van der Waals surface area (Å²) in [4.78, 5) is 0. The third kappa shape index (κ3) is 4.33. The van der Waals surface area contributed by atoms with Gasteiger partial charge in [0, 0.05) is 49.1 Å². The summed E-state index contributed by atoms with van der Waals surface area (Å²) in [6.45, 7) is 0. The minimum absolute atomic E-state index is 0.904. The zero-order chi connectivity index (χ0) is 40.9. The monoisotopic (exact) mass is 798 g/mol. The molecular weight excluding hydrogens is 765 g/mol. The van der Waals surface area contributed by atoms with Crippen molar-refractivity contribution in [1.29, 1.82) is 0 Å². The predicted octanol–water partition coefficient (Wildman–Crippen LogP) is 16.4. The van der Waals surface area contributed by atoms with Gasteiger partial charge in [0.2, 0.25) is 0 Å². The van der Waals surface area contributed by atoms with Crippen molar-refractivity contribution in [3.8, 4) is 78.1 Å². The third-order valence-electron chi connectivity index (χ3n) is 14.0. The van der Waals surface area contributed by atoms with Gasteiger partial charge in [-0.2, -0.15) is 0 Å². The summed E-state index contributed by atoms with van der Waals surface area (Å²) in [5.74, 6) is 0. The van der Waals surface area contributed by atoms with Gasteiger partial charge in [-0.15, -0.1) is 0 Å². The topological polar surface area (TPSA) is 23.0 Å². The molecule has 3 aromatic heterocycles. The molecule has 3 heteroatoms. The van der Waals surface area contributed by atoms with E-state index in [0.29, 0.717) is 0 Å². The van der Waals surface area contributed by atoms with Gasteiger partial charge in [0.1, 0.15) is 11.2 Å². The second kappa shape index (κ2) is 12.1. The lowest BCUT2D eigenvalue weighted by Gasteiger charge is -2.30. The van der Waals surface area contributed by atoms with E-state index in [1.807, 2.05) is 0 Å². The Morgan fingerprint density at radius 2 is 0.810 bits per heavy atom. The summed E-state index contributed by atoms with van der Waals surface area (Å²) >= 11 is 0. The second-order valence-corrected chi connectivity index (χ2v) is 17.1. The van der Waals surface area contributed by atoms with Crippen molar-refractivity contribution in [3.63, 3.8) is 0 Å². The Bertz CT molecular complexity index is 4100. The zero-order valence-electron chi connectivity index (χ0n) is 33.9. The highest BCUT2D eigenvalue weighted by Gasteiger charge is 2.31. The molecule has 2 aliphatic carbocycles. The van der Waals surface area contributed by atoms with Crippen molar-refractivity contribution < 1.29 is 4.42 Å². The molecule has 2 aliphatic rings. The summed E-state index contributed by atoms with van der Waals surface area (Å²) in [7, 11) is 0. The maximum absolute atomic E-state index is 6.75. The number of aromatic nitrogens is 2. The normalized spacial score (nSPS) is 12.4. The van der Waals surface area contributed by atoms with Crippen molar-refractivity contribution in [3.05, 3.63) is 206 Å². The number of nitrogens with zero attached hydrogens (tertiary/aromatic N) is 2. The van der Waals surface area contributed by atoms with Gasteiger partial charge in [-0.1, -0.05) is 152 Å². The lowest BCUT2D eigenvalue weighted by Crippen LogP contribution is -2.07. The fourth-order valence-corrected chi connectivity index (χ4v) is 11.3. The zero-order valence-corrected chi connectivity index (χ0v) is 33.9. The van der Waals surface area contributed by atoms with Crippen molar-refractivity contribution in [2.45, 2.75) is 0 Å². The van der Waals surface area contributed by atoms with Gasteiger partial charge >= 0.3 is 0 Å². The van der Waals surface area contributed by atoms with Crippen LogP contribution in [0, 0.1) is 0 Å². The van der Waals surface area contributed by atoms with Crippen molar-refractivity contribution in [2.75, 3.05) is 0 Å². The Balaban J connectivity index is 0.861. The van der Waals surface area contributed by atoms with E-state index in [-0.39, 0.29) is 0 Å². The maximum Gasteiger partial charge on any atom is 0.143 e. The van der Waals surface area contributed by atoms with E-state index in [1.165, 1.54) is 110 Å². The molecule has 290 valence electrons. The van der Waals surface area contributed by atoms with Crippen LogP contribution < -0.4 is 0 Å². The van der Waals surface area contributed by atoms with Crippen LogP contribution in [0.3, 0.4) is 0 Å². The molecule has 0 unspecified atom stereocenters. The summed E-state index contributed by atoms with van der Waals surface area (Å²) in [6, 6.07) is 75.6. The summed E-state index contributed by atoms with van der Waals surface area (Å²) < 4.78 is 11.6. The van der Waals surface area contributed by atoms with Gasteiger partial charge in [-0.05, 0) is 110 Å². The van der Waals surface area contributed by atoms with E-state index in [9.17, 15) is 0 Å². The molecule has 0 spiro atoms. The van der Waals surface area contributed by atoms with Gasteiger partial charge < -0.3 is 13.6 Å². The Labute approximate surface area is 361 Å². The fraction of sp³-hybridized carbons (Fsp3) is 0. The quantitative estimate of drug-likeness (QED) is 0.174. The largest absolute Gasteiger partial charge is 0.455 e. The SMILES string of the molecule is c1ccc2c(c1)-c1cccc(-c3cccc4c3oc3ccc(-c5cccc6c5-c5cccc(-n7c8ccccc8c8cc(-n9c%10ccccc%10c%10ccccc%109)ccc87)c5-6)cc34)c1-2. The van der Waals surface area contributed by atoms with Crippen molar-refractivity contribution in [2.24, 2.45) is 0 Å². The molecule has 0 fully saturated rings. The fourth-order valence-electron chi connectivity index (χ4n) is 11.3. The molecule has 0 aliphatic heterocycles. The minimum atomic E-state index is 0.904. The third-order valence-corrected chi connectivity index (χ3v) is 14.0. The lowest BCUT2D eigenvalue weighted by molar-refractivity contribution is 0.670. The van der Waals surface area contributed by atoms with Crippen LogP contribution in [0.15, 0.2) is 211 Å². The number of hydrogen-bond donors (Lipinski definition) is 0. The van der Waals surface area contributed by atoms with Crippen LogP contribution in [0.1, 0.15) is 0 Å². The predicted molar refractivity (Wildman–Crippen MR) is 262 cm³/mol.